The largest absolute Gasteiger partial charge is 0.493 e. The standard InChI is InChI=1S/C20H24N2O3/c23-20(21-15-6-3-11-24-13-15)22-18-8-4-12-25-19-16-7-2-1-5-14(16)9-10-17(18)19/h1-2,5,7,9-10,15,18H,3-4,6,8,11-13H2,(H2,21,22,23)/t15-,18+/m0/s1. The summed E-state index contributed by atoms with van der Waals surface area (Å²) in [4.78, 5) is 12.4. The number of benzene rings is 2. The van der Waals surface area contributed by atoms with Gasteiger partial charge in [-0.3, -0.25) is 0 Å². The highest BCUT2D eigenvalue weighted by atomic mass is 16.5. The van der Waals surface area contributed by atoms with Crippen molar-refractivity contribution in [3.8, 4) is 5.75 Å². The SMILES string of the molecule is O=C(N[C@H]1CCCOC1)N[C@@H]1CCCOc2c1ccc1ccccc21. The smallest absolute Gasteiger partial charge is 0.315 e. The normalized spacial score (nSPS) is 23.2. The summed E-state index contributed by atoms with van der Waals surface area (Å²) in [5.41, 5.74) is 1.06. The summed E-state index contributed by atoms with van der Waals surface area (Å²) < 4.78 is 11.5. The number of fused-ring (bicyclic) bond motifs is 3. The Bertz CT molecular complexity index is 756. The van der Waals surface area contributed by atoms with Gasteiger partial charge in [-0.25, -0.2) is 4.79 Å². The summed E-state index contributed by atoms with van der Waals surface area (Å²) in [5, 5.41) is 8.44. The Hall–Kier alpha value is -2.27. The van der Waals surface area contributed by atoms with E-state index in [2.05, 4.69) is 34.9 Å². The number of hydrogen-bond acceptors (Lipinski definition) is 3. The Kier molecular flexibility index (Phi) is 4.74. The van der Waals surface area contributed by atoms with E-state index in [1.807, 2.05) is 12.1 Å². The molecule has 0 unspecified atom stereocenters. The second-order valence-corrected chi connectivity index (χ2v) is 6.78. The molecule has 0 aliphatic carbocycles. The van der Waals surface area contributed by atoms with Gasteiger partial charge < -0.3 is 20.1 Å². The third-order valence-electron chi connectivity index (χ3n) is 4.97. The Morgan fingerprint density at radius 3 is 2.76 bits per heavy atom. The van der Waals surface area contributed by atoms with Crippen LogP contribution in [-0.2, 0) is 4.74 Å². The van der Waals surface area contributed by atoms with Gasteiger partial charge in [0.2, 0.25) is 0 Å². The lowest BCUT2D eigenvalue weighted by Gasteiger charge is -2.25. The van der Waals surface area contributed by atoms with Crippen LogP contribution in [0.15, 0.2) is 36.4 Å². The molecule has 132 valence electrons. The number of ether oxygens (including phenoxy) is 2. The summed E-state index contributed by atoms with van der Waals surface area (Å²) in [6, 6.07) is 12.3. The van der Waals surface area contributed by atoms with E-state index >= 15 is 0 Å². The average molecular weight is 340 g/mol. The molecule has 2 aliphatic heterocycles. The zero-order valence-corrected chi connectivity index (χ0v) is 14.3. The quantitative estimate of drug-likeness (QED) is 0.879. The molecule has 2 aliphatic rings. The number of urea groups is 1. The fraction of sp³-hybridized carbons (Fsp3) is 0.450. The van der Waals surface area contributed by atoms with E-state index in [0.29, 0.717) is 13.2 Å². The summed E-state index contributed by atoms with van der Waals surface area (Å²) in [6.07, 6.45) is 3.76. The van der Waals surface area contributed by atoms with Crippen molar-refractivity contribution in [3.05, 3.63) is 42.0 Å². The Labute approximate surface area is 147 Å². The first-order valence-electron chi connectivity index (χ1n) is 9.10. The van der Waals surface area contributed by atoms with E-state index in [-0.39, 0.29) is 18.1 Å². The summed E-state index contributed by atoms with van der Waals surface area (Å²) >= 11 is 0. The molecule has 2 N–H and O–H groups in total. The van der Waals surface area contributed by atoms with Crippen molar-refractivity contribution in [2.75, 3.05) is 19.8 Å². The zero-order valence-electron chi connectivity index (χ0n) is 14.3. The summed E-state index contributed by atoms with van der Waals surface area (Å²) in [7, 11) is 0. The summed E-state index contributed by atoms with van der Waals surface area (Å²) in [6.45, 7) is 2.07. The number of carbonyl (C=O) groups is 1. The molecule has 5 nitrogen and oxygen atoms in total. The molecule has 0 saturated carbocycles. The van der Waals surface area contributed by atoms with Crippen molar-refractivity contribution < 1.29 is 14.3 Å². The van der Waals surface area contributed by atoms with Crippen molar-refractivity contribution in [3.63, 3.8) is 0 Å². The summed E-state index contributed by atoms with van der Waals surface area (Å²) in [5.74, 6) is 0.905. The first kappa shape index (κ1) is 16.2. The fourth-order valence-corrected chi connectivity index (χ4v) is 3.70. The van der Waals surface area contributed by atoms with E-state index in [0.717, 1.165) is 54.4 Å². The van der Waals surface area contributed by atoms with Gasteiger partial charge in [0.15, 0.2) is 0 Å². The van der Waals surface area contributed by atoms with Gasteiger partial charge in [-0.1, -0.05) is 36.4 Å². The van der Waals surface area contributed by atoms with E-state index in [1.165, 1.54) is 0 Å². The van der Waals surface area contributed by atoms with Gasteiger partial charge in [-0.05, 0) is 31.1 Å². The molecule has 0 radical (unpaired) electrons. The van der Waals surface area contributed by atoms with Gasteiger partial charge in [-0.2, -0.15) is 0 Å². The zero-order chi connectivity index (χ0) is 17.1. The van der Waals surface area contributed by atoms with E-state index in [4.69, 9.17) is 9.47 Å². The highest BCUT2D eigenvalue weighted by molar-refractivity contribution is 5.90. The van der Waals surface area contributed by atoms with E-state index in [9.17, 15) is 4.79 Å². The highest BCUT2D eigenvalue weighted by Crippen LogP contribution is 2.37. The van der Waals surface area contributed by atoms with Crippen LogP contribution in [0.5, 0.6) is 5.75 Å². The first-order chi connectivity index (χ1) is 12.3. The van der Waals surface area contributed by atoms with Crippen LogP contribution in [0.3, 0.4) is 0 Å². The maximum atomic E-state index is 12.4. The van der Waals surface area contributed by atoms with Crippen LogP contribution in [0.1, 0.15) is 37.3 Å². The number of amides is 2. The first-order valence-corrected chi connectivity index (χ1v) is 9.10. The number of nitrogens with one attached hydrogen (secondary N) is 2. The monoisotopic (exact) mass is 340 g/mol. The van der Waals surface area contributed by atoms with Crippen molar-refractivity contribution in [1.82, 2.24) is 10.6 Å². The maximum Gasteiger partial charge on any atom is 0.315 e. The van der Waals surface area contributed by atoms with Gasteiger partial charge in [-0.15, -0.1) is 0 Å². The van der Waals surface area contributed by atoms with Crippen molar-refractivity contribution in [2.45, 2.75) is 37.8 Å². The molecule has 1 saturated heterocycles. The lowest BCUT2D eigenvalue weighted by atomic mass is 9.98. The molecule has 2 heterocycles. The molecule has 4 rings (SSSR count). The molecule has 2 aromatic carbocycles. The third kappa shape index (κ3) is 3.56. The van der Waals surface area contributed by atoms with Crippen LogP contribution in [-0.4, -0.2) is 31.9 Å². The third-order valence-corrected chi connectivity index (χ3v) is 4.97. The van der Waals surface area contributed by atoms with Gasteiger partial charge in [0.05, 0.1) is 25.3 Å². The van der Waals surface area contributed by atoms with Crippen molar-refractivity contribution in [2.24, 2.45) is 0 Å². The molecule has 25 heavy (non-hydrogen) atoms. The average Bonchev–Trinajstić information content (AvgIpc) is 2.85. The molecule has 0 aromatic heterocycles. The molecule has 2 atom stereocenters. The molecule has 0 spiro atoms. The predicted molar refractivity (Wildman–Crippen MR) is 96.9 cm³/mol. The molecule has 0 bridgehead atoms. The van der Waals surface area contributed by atoms with Crippen LogP contribution in [0.4, 0.5) is 4.79 Å². The Morgan fingerprint density at radius 2 is 1.88 bits per heavy atom. The Balaban J connectivity index is 1.54. The van der Waals surface area contributed by atoms with E-state index in [1.54, 1.807) is 0 Å². The lowest BCUT2D eigenvalue weighted by molar-refractivity contribution is 0.0730. The molecule has 1 fully saturated rings. The van der Waals surface area contributed by atoms with Crippen LogP contribution >= 0.6 is 0 Å². The fourth-order valence-electron chi connectivity index (χ4n) is 3.70. The van der Waals surface area contributed by atoms with Gasteiger partial charge >= 0.3 is 6.03 Å². The van der Waals surface area contributed by atoms with Crippen LogP contribution in [0.2, 0.25) is 0 Å². The van der Waals surface area contributed by atoms with Gasteiger partial charge in [0.1, 0.15) is 5.75 Å². The van der Waals surface area contributed by atoms with Gasteiger partial charge in [0.25, 0.3) is 0 Å². The topological polar surface area (TPSA) is 59.6 Å². The Morgan fingerprint density at radius 1 is 1.00 bits per heavy atom. The van der Waals surface area contributed by atoms with Crippen LogP contribution in [0, 0.1) is 0 Å². The number of carbonyl (C=O) groups excluding carboxylic acids is 1. The van der Waals surface area contributed by atoms with Crippen molar-refractivity contribution in [1.29, 1.82) is 0 Å². The minimum Gasteiger partial charge on any atom is -0.493 e. The number of hydrogen-bond donors (Lipinski definition) is 2. The molecule has 2 amide bonds. The molecular formula is C20H24N2O3. The molecular weight excluding hydrogens is 316 g/mol. The second kappa shape index (κ2) is 7.31. The highest BCUT2D eigenvalue weighted by Gasteiger charge is 2.24. The molecule has 5 heteroatoms. The molecule has 2 aromatic rings. The maximum absolute atomic E-state index is 12.4. The predicted octanol–water partition coefficient (Wildman–Crippen LogP) is 3.53. The minimum absolute atomic E-state index is 0.0355. The van der Waals surface area contributed by atoms with Crippen molar-refractivity contribution >= 4 is 16.8 Å². The van der Waals surface area contributed by atoms with Gasteiger partial charge in [0, 0.05) is 17.6 Å². The lowest BCUT2D eigenvalue weighted by Crippen LogP contribution is -2.46. The minimum atomic E-state index is -0.124. The number of rotatable bonds is 2. The van der Waals surface area contributed by atoms with Crippen LogP contribution in [0.25, 0.3) is 10.8 Å². The second-order valence-electron chi connectivity index (χ2n) is 6.78. The van der Waals surface area contributed by atoms with Crippen LogP contribution < -0.4 is 15.4 Å². The van der Waals surface area contributed by atoms with E-state index < -0.39 is 0 Å².